The van der Waals surface area contributed by atoms with Crippen LogP contribution in [0, 0.1) is 0 Å². The van der Waals surface area contributed by atoms with Crippen LogP contribution in [-0.2, 0) is 11.3 Å². The molecule has 1 amide bonds. The summed E-state index contributed by atoms with van der Waals surface area (Å²) < 4.78 is 1.78. The van der Waals surface area contributed by atoms with E-state index in [9.17, 15) is 4.79 Å². The molecule has 1 N–H and O–H groups in total. The fourth-order valence-corrected chi connectivity index (χ4v) is 4.41. The van der Waals surface area contributed by atoms with Gasteiger partial charge in [0, 0.05) is 24.2 Å². The summed E-state index contributed by atoms with van der Waals surface area (Å²) >= 11 is 6.20. The molecule has 2 aliphatic rings. The first kappa shape index (κ1) is 17.4. The summed E-state index contributed by atoms with van der Waals surface area (Å²) in [5.41, 5.74) is 0.935. The Morgan fingerprint density at radius 1 is 1.23 bits per heavy atom. The Kier molecular flexibility index (Phi) is 5.17. The zero-order valence-corrected chi connectivity index (χ0v) is 15.3. The van der Waals surface area contributed by atoms with Crippen molar-refractivity contribution < 1.29 is 4.79 Å². The van der Waals surface area contributed by atoms with Crippen LogP contribution < -0.4 is 5.32 Å². The molecule has 1 aromatic heterocycles. The van der Waals surface area contributed by atoms with Crippen LogP contribution in [0.4, 0.5) is 0 Å². The van der Waals surface area contributed by atoms with Gasteiger partial charge in [0.05, 0.1) is 12.1 Å². The highest BCUT2D eigenvalue weighted by Crippen LogP contribution is 2.34. The molecular formula is C18H23ClN6O. The molecule has 0 spiro atoms. The summed E-state index contributed by atoms with van der Waals surface area (Å²) in [5.74, 6) is 0.0624. The van der Waals surface area contributed by atoms with Gasteiger partial charge in [0.25, 0.3) is 0 Å². The molecule has 0 radical (unpaired) electrons. The van der Waals surface area contributed by atoms with Crippen LogP contribution in [0.5, 0.6) is 0 Å². The number of hydrogen-bond acceptors (Lipinski definition) is 5. The molecule has 2 heterocycles. The van der Waals surface area contributed by atoms with Crippen molar-refractivity contribution in [2.24, 2.45) is 0 Å². The molecule has 1 aliphatic heterocycles. The van der Waals surface area contributed by atoms with E-state index in [1.54, 1.807) is 11.0 Å². The second-order valence-electron chi connectivity index (χ2n) is 7.14. The Hall–Kier alpha value is -1.99. The molecule has 138 valence electrons. The van der Waals surface area contributed by atoms with E-state index in [-0.39, 0.29) is 18.0 Å². The van der Waals surface area contributed by atoms with Gasteiger partial charge < -0.3 is 5.32 Å². The van der Waals surface area contributed by atoms with E-state index in [4.69, 9.17) is 11.6 Å². The Morgan fingerprint density at radius 2 is 2.04 bits per heavy atom. The minimum atomic E-state index is -0.144. The molecule has 0 unspecified atom stereocenters. The van der Waals surface area contributed by atoms with E-state index in [1.807, 2.05) is 24.3 Å². The van der Waals surface area contributed by atoms with Gasteiger partial charge in [-0.25, -0.2) is 4.68 Å². The Balaban J connectivity index is 1.46. The normalized spacial score (nSPS) is 24.2. The number of nitrogens with one attached hydrogen (secondary N) is 1. The molecule has 26 heavy (non-hydrogen) atoms. The molecule has 2 fully saturated rings. The molecular weight excluding hydrogens is 352 g/mol. The molecule has 8 heteroatoms. The van der Waals surface area contributed by atoms with Crippen LogP contribution in [-0.4, -0.2) is 49.6 Å². The fraction of sp³-hybridized carbons (Fsp3) is 0.556. The molecule has 1 aliphatic carbocycles. The van der Waals surface area contributed by atoms with Gasteiger partial charge in [0.15, 0.2) is 0 Å². The zero-order valence-electron chi connectivity index (χ0n) is 14.6. The van der Waals surface area contributed by atoms with Crippen LogP contribution in [0.1, 0.15) is 43.7 Å². The van der Waals surface area contributed by atoms with E-state index < -0.39 is 0 Å². The number of benzene rings is 1. The third-order valence-corrected chi connectivity index (χ3v) is 5.93. The van der Waals surface area contributed by atoms with Crippen LogP contribution >= 0.6 is 11.6 Å². The number of carbonyl (C=O) groups is 1. The summed E-state index contributed by atoms with van der Waals surface area (Å²) in [4.78, 5) is 15.3. The van der Waals surface area contributed by atoms with Crippen LogP contribution in [0.2, 0.25) is 5.02 Å². The molecule has 4 rings (SSSR count). The third kappa shape index (κ3) is 3.59. The lowest BCUT2D eigenvalue weighted by Crippen LogP contribution is -2.46. The van der Waals surface area contributed by atoms with Crippen molar-refractivity contribution in [3.8, 4) is 0 Å². The summed E-state index contributed by atoms with van der Waals surface area (Å²) in [5, 5.41) is 15.3. The van der Waals surface area contributed by atoms with Crippen LogP contribution in [0.3, 0.4) is 0 Å². The molecule has 0 bridgehead atoms. The number of rotatable bonds is 5. The topological polar surface area (TPSA) is 75.9 Å². The highest BCUT2D eigenvalue weighted by Gasteiger charge is 2.42. The predicted octanol–water partition coefficient (Wildman–Crippen LogP) is 2.20. The maximum absolute atomic E-state index is 13.0. The first-order valence-corrected chi connectivity index (χ1v) is 9.59. The summed E-state index contributed by atoms with van der Waals surface area (Å²) in [6, 6.07) is 8.08. The van der Waals surface area contributed by atoms with Gasteiger partial charge >= 0.3 is 0 Å². The van der Waals surface area contributed by atoms with Gasteiger partial charge in [0.2, 0.25) is 5.91 Å². The lowest BCUT2D eigenvalue weighted by atomic mass is 10.1. The Bertz CT molecular complexity index is 746. The molecule has 1 aromatic carbocycles. The van der Waals surface area contributed by atoms with Crippen molar-refractivity contribution >= 4 is 17.5 Å². The number of aromatic nitrogens is 4. The standard InChI is InChI=1S/C18H23ClN6O/c19-16-8-4-1-5-13(16)10-20-18(26)17-9-15(25-12-21-22-23-25)11-24(17)14-6-2-3-7-14/h1,4-5,8,12,14-15,17H,2-3,6-7,9-11H2,(H,20,26)/t15-,17+/m1/s1. The first-order valence-electron chi connectivity index (χ1n) is 9.21. The second-order valence-corrected chi connectivity index (χ2v) is 7.55. The maximum Gasteiger partial charge on any atom is 0.237 e. The van der Waals surface area contributed by atoms with Gasteiger partial charge in [-0.15, -0.1) is 5.10 Å². The minimum absolute atomic E-state index is 0.0624. The minimum Gasteiger partial charge on any atom is -0.351 e. The number of tetrazole rings is 1. The van der Waals surface area contributed by atoms with Crippen LogP contribution in [0.15, 0.2) is 30.6 Å². The Morgan fingerprint density at radius 3 is 2.77 bits per heavy atom. The molecule has 1 saturated carbocycles. The smallest absolute Gasteiger partial charge is 0.237 e. The number of likely N-dealkylation sites (tertiary alicyclic amines) is 1. The summed E-state index contributed by atoms with van der Waals surface area (Å²) in [6.07, 6.45) is 7.18. The van der Waals surface area contributed by atoms with Crippen molar-refractivity contribution in [2.45, 2.75) is 56.8 Å². The predicted molar refractivity (Wildman–Crippen MR) is 97.5 cm³/mol. The third-order valence-electron chi connectivity index (χ3n) is 5.56. The molecule has 2 atom stereocenters. The van der Waals surface area contributed by atoms with Gasteiger partial charge in [-0.05, 0) is 41.3 Å². The lowest BCUT2D eigenvalue weighted by molar-refractivity contribution is -0.126. The van der Waals surface area contributed by atoms with E-state index >= 15 is 0 Å². The quantitative estimate of drug-likeness (QED) is 0.868. The van der Waals surface area contributed by atoms with E-state index in [1.165, 1.54) is 12.8 Å². The van der Waals surface area contributed by atoms with Crippen molar-refractivity contribution in [1.29, 1.82) is 0 Å². The number of carbonyl (C=O) groups excluding carboxylic acids is 1. The average molecular weight is 375 g/mol. The highest BCUT2D eigenvalue weighted by atomic mass is 35.5. The number of amides is 1. The number of hydrogen-bond donors (Lipinski definition) is 1. The van der Waals surface area contributed by atoms with Gasteiger partial charge in [-0.1, -0.05) is 42.6 Å². The van der Waals surface area contributed by atoms with E-state index in [0.717, 1.165) is 31.4 Å². The maximum atomic E-state index is 13.0. The average Bonchev–Trinajstić information content (AvgIpc) is 3.41. The van der Waals surface area contributed by atoms with E-state index in [0.29, 0.717) is 17.6 Å². The van der Waals surface area contributed by atoms with Crippen molar-refractivity contribution in [3.63, 3.8) is 0 Å². The Labute approximate surface area is 157 Å². The SMILES string of the molecule is O=C(NCc1ccccc1Cl)[C@@H]1C[C@@H](n2cnnn2)CN1C1CCCC1. The number of halogens is 1. The summed E-state index contributed by atoms with van der Waals surface area (Å²) in [7, 11) is 0. The van der Waals surface area contributed by atoms with Crippen molar-refractivity contribution in [1.82, 2.24) is 30.4 Å². The number of nitrogens with zero attached hydrogens (tertiary/aromatic N) is 5. The van der Waals surface area contributed by atoms with Crippen molar-refractivity contribution in [3.05, 3.63) is 41.2 Å². The highest BCUT2D eigenvalue weighted by molar-refractivity contribution is 6.31. The largest absolute Gasteiger partial charge is 0.351 e. The van der Waals surface area contributed by atoms with Gasteiger partial charge in [-0.2, -0.15) is 0 Å². The zero-order chi connectivity index (χ0) is 17.9. The molecule has 2 aromatic rings. The van der Waals surface area contributed by atoms with Gasteiger partial charge in [-0.3, -0.25) is 9.69 Å². The van der Waals surface area contributed by atoms with Crippen LogP contribution in [0.25, 0.3) is 0 Å². The first-order chi connectivity index (χ1) is 12.7. The van der Waals surface area contributed by atoms with Crippen molar-refractivity contribution in [2.75, 3.05) is 6.54 Å². The molecule has 7 nitrogen and oxygen atoms in total. The fourth-order valence-electron chi connectivity index (χ4n) is 4.20. The lowest BCUT2D eigenvalue weighted by Gasteiger charge is -2.29. The second kappa shape index (κ2) is 7.72. The van der Waals surface area contributed by atoms with Gasteiger partial charge in [0.1, 0.15) is 6.33 Å². The summed E-state index contributed by atoms with van der Waals surface area (Å²) in [6.45, 7) is 1.27. The van der Waals surface area contributed by atoms with E-state index in [2.05, 4.69) is 25.7 Å². The molecule has 1 saturated heterocycles. The monoisotopic (exact) mass is 374 g/mol.